The summed E-state index contributed by atoms with van der Waals surface area (Å²) in [6.07, 6.45) is -0.284. The Bertz CT molecular complexity index is 1070. The number of rotatable bonds is 6. The number of carbonyl (C=O) groups excluding carboxylic acids is 1. The van der Waals surface area contributed by atoms with Crippen molar-refractivity contribution in [2.75, 3.05) is 6.54 Å². The lowest BCUT2D eigenvalue weighted by molar-refractivity contribution is -0.137. The maximum atomic E-state index is 12.5. The minimum atomic E-state index is -4.25. The Morgan fingerprint density at radius 1 is 1.37 bits per heavy atom. The van der Waals surface area contributed by atoms with Gasteiger partial charge < -0.3 is 10.1 Å². The molecule has 11 heteroatoms. The van der Waals surface area contributed by atoms with Gasteiger partial charge in [-0.1, -0.05) is 0 Å². The van der Waals surface area contributed by atoms with Gasteiger partial charge >= 0.3 is 6.18 Å². The van der Waals surface area contributed by atoms with Crippen LogP contribution in [0.15, 0.2) is 24.7 Å². The highest BCUT2D eigenvalue weighted by molar-refractivity contribution is 5.86. The summed E-state index contributed by atoms with van der Waals surface area (Å²) >= 11 is 0. The van der Waals surface area contributed by atoms with Crippen LogP contribution in [0.5, 0.6) is 5.88 Å². The third-order valence-corrected chi connectivity index (χ3v) is 5.11. The van der Waals surface area contributed by atoms with Crippen molar-refractivity contribution in [1.82, 2.24) is 29.9 Å². The Morgan fingerprint density at radius 3 is 2.87 bits per heavy atom. The van der Waals surface area contributed by atoms with Crippen LogP contribution in [0.2, 0.25) is 0 Å². The lowest BCUT2D eigenvalue weighted by atomic mass is 10.0. The number of fused-ring (bicyclic) bond motifs is 1. The van der Waals surface area contributed by atoms with E-state index in [9.17, 15) is 18.0 Å². The lowest BCUT2D eigenvalue weighted by Crippen LogP contribution is -2.26. The third-order valence-electron chi connectivity index (χ3n) is 5.11. The number of aryl methyl sites for hydroxylation is 2. The van der Waals surface area contributed by atoms with Crippen LogP contribution < -0.4 is 10.1 Å². The number of aromatic nitrogens is 5. The summed E-state index contributed by atoms with van der Waals surface area (Å²) in [6, 6.07) is 1.75. The van der Waals surface area contributed by atoms with Gasteiger partial charge in [-0.05, 0) is 13.0 Å². The van der Waals surface area contributed by atoms with Gasteiger partial charge in [0.05, 0.1) is 29.2 Å². The highest BCUT2D eigenvalue weighted by Crippen LogP contribution is 2.31. The molecular weight excluding hydrogens is 401 g/mol. The first-order valence-electron chi connectivity index (χ1n) is 9.55. The van der Waals surface area contributed by atoms with Crippen LogP contribution >= 0.6 is 0 Å². The molecule has 4 heterocycles. The zero-order valence-electron chi connectivity index (χ0n) is 16.5. The zero-order chi connectivity index (χ0) is 21.5. The molecule has 0 radical (unpaired) electrons. The molecule has 1 saturated heterocycles. The van der Waals surface area contributed by atoms with Crippen LogP contribution in [0.4, 0.5) is 13.2 Å². The van der Waals surface area contributed by atoms with Crippen LogP contribution in [0.1, 0.15) is 19.8 Å². The second kappa shape index (κ2) is 7.62. The number of alkyl halides is 3. The van der Waals surface area contributed by atoms with E-state index in [0.29, 0.717) is 35.6 Å². The SMILES string of the molecule is C[C@@H](Oc1nc(-c2cnn(CCC(F)(F)F)c2)cc2nn(C)cc12)[C@H]1CNC(=O)C1. The molecule has 4 rings (SSSR count). The minimum Gasteiger partial charge on any atom is -0.474 e. The number of hydrogen-bond acceptors (Lipinski definition) is 5. The Morgan fingerprint density at radius 2 is 2.17 bits per heavy atom. The van der Waals surface area contributed by atoms with E-state index < -0.39 is 12.6 Å². The molecule has 8 nitrogen and oxygen atoms in total. The quantitative estimate of drug-likeness (QED) is 0.660. The highest BCUT2D eigenvalue weighted by Gasteiger charge is 2.29. The largest absolute Gasteiger partial charge is 0.474 e. The maximum absolute atomic E-state index is 12.5. The number of nitrogens with zero attached hydrogens (tertiary/aromatic N) is 5. The van der Waals surface area contributed by atoms with Crippen molar-refractivity contribution >= 4 is 16.8 Å². The lowest BCUT2D eigenvalue weighted by Gasteiger charge is -2.19. The number of ether oxygens (including phenoxy) is 1. The maximum Gasteiger partial charge on any atom is 0.390 e. The van der Waals surface area contributed by atoms with E-state index in [2.05, 4.69) is 20.5 Å². The zero-order valence-corrected chi connectivity index (χ0v) is 16.5. The summed E-state index contributed by atoms with van der Waals surface area (Å²) < 4.78 is 46.4. The standard InChI is InChI=1S/C19H21F3N6O2/c1-11(12-5-17(29)23-7-12)30-18-14-10-27(2)26-16(14)6-15(25-18)13-8-24-28(9-13)4-3-19(20,21)22/h6,8-12H,3-5,7H2,1-2H3,(H,23,29)/t11-,12-/m1/s1. The first-order valence-corrected chi connectivity index (χ1v) is 9.55. The van der Waals surface area contributed by atoms with Crippen molar-refractivity contribution in [3.8, 4) is 17.1 Å². The van der Waals surface area contributed by atoms with Gasteiger partial charge in [0, 0.05) is 50.4 Å². The fourth-order valence-electron chi connectivity index (χ4n) is 3.44. The van der Waals surface area contributed by atoms with Crippen molar-refractivity contribution in [3.63, 3.8) is 0 Å². The van der Waals surface area contributed by atoms with E-state index in [1.165, 1.54) is 17.1 Å². The Hall–Kier alpha value is -3.11. The molecule has 160 valence electrons. The molecule has 0 aliphatic carbocycles. The summed E-state index contributed by atoms with van der Waals surface area (Å²) in [5, 5.41) is 11.9. The highest BCUT2D eigenvalue weighted by atomic mass is 19.4. The predicted octanol–water partition coefficient (Wildman–Crippen LogP) is 2.69. The second-order valence-corrected chi connectivity index (χ2v) is 7.50. The number of carbonyl (C=O) groups is 1. The van der Waals surface area contributed by atoms with Crippen LogP contribution in [-0.2, 0) is 18.4 Å². The molecule has 1 fully saturated rings. The third kappa shape index (κ3) is 4.39. The van der Waals surface area contributed by atoms with Crippen LogP contribution in [0.3, 0.4) is 0 Å². The Balaban J connectivity index is 1.62. The van der Waals surface area contributed by atoms with E-state index >= 15 is 0 Å². The van der Waals surface area contributed by atoms with Crippen LogP contribution in [0, 0.1) is 5.92 Å². The van der Waals surface area contributed by atoms with Gasteiger partial charge in [-0.2, -0.15) is 23.4 Å². The summed E-state index contributed by atoms with van der Waals surface area (Å²) in [5.41, 5.74) is 1.72. The predicted molar refractivity (Wildman–Crippen MR) is 102 cm³/mol. The average Bonchev–Trinajstić information content (AvgIpc) is 3.38. The molecule has 0 spiro atoms. The van der Waals surface area contributed by atoms with Gasteiger partial charge in [0.1, 0.15) is 6.10 Å². The summed E-state index contributed by atoms with van der Waals surface area (Å²) in [5.74, 6) is 0.389. The van der Waals surface area contributed by atoms with Gasteiger partial charge in [-0.3, -0.25) is 14.2 Å². The first-order chi connectivity index (χ1) is 14.2. The summed E-state index contributed by atoms with van der Waals surface area (Å²) in [4.78, 5) is 16.1. The number of pyridine rings is 1. The molecule has 0 bridgehead atoms. The molecule has 1 N–H and O–H groups in total. The topological polar surface area (TPSA) is 86.9 Å². The van der Waals surface area contributed by atoms with E-state index in [-0.39, 0.29) is 24.5 Å². The van der Waals surface area contributed by atoms with E-state index in [1.807, 2.05) is 6.92 Å². The number of amides is 1. The van der Waals surface area contributed by atoms with Crippen molar-refractivity contribution in [3.05, 3.63) is 24.7 Å². The normalized spacial score (nSPS) is 18.0. The van der Waals surface area contributed by atoms with E-state index in [4.69, 9.17) is 4.74 Å². The molecular formula is C19H21F3N6O2. The molecule has 1 aliphatic rings. The number of halogens is 3. The monoisotopic (exact) mass is 422 g/mol. The first kappa shape index (κ1) is 20.2. The van der Waals surface area contributed by atoms with Crippen molar-refractivity contribution in [2.24, 2.45) is 13.0 Å². The van der Waals surface area contributed by atoms with Crippen molar-refractivity contribution in [2.45, 2.75) is 38.6 Å². The van der Waals surface area contributed by atoms with Crippen molar-refractivity contribution < 1.29 is 22.7 Å². The molecule has 1 aliphatic heterocycles. The average molecular weight is 422 g/mol. The summed E-state index contributed by atoms with van der Waals surface area (Å²) in [7, 11) is 1.78. The van der Waals surface area contributed by atoms with Gasteiger partial charge in [0.25, 0.3) is 0 Å². The molecule has 0 unspecified atom stereocenters. The van der Waals surface area contributed by atoms with Crippen LogP contribution in [-0.4, -0.2) is 49.3 Å². The molecule has 2 atom stereocenters. The molecule has 3 aromatic heterocycles. The molecule has 3 aromatic rings. The fourth-order valence-corrected chi connectivity index (χ4v) is 3.44. The molecule has 1 amide bonds. The van der Waals surface area contributed by atoms with Crippen LogP contribution in [0.25, 0.3) is 22.2 Å². The molecule has 0 saturated carbocycles. The Kier molecular flexibility index (Phi) is 5.12. The summed E-state index contributed by atoms with van der Waals surface area (Å²) in [6.45, 7) is 2.16. The number of nitrogens with one attached hydrogen (secondary N) is 1. The van der Waals surface area contributed by atoms with Crippen molar-refractivity contribution in [1.29, 1.82) is 0 Å². The van der Waals surface area contributed by atoms with Gasteiger partial charge in [0.15, 0.2) is 0 Å². The molecule has 30 heavy (non-hydrogen) atoms. The smallest absolute Gasteiger partial charge is 0.390 e. The minimum absolute atomic E-state index is 0.00467. The second-order valence-electron chi connectivity index (χ2n) is 7.50. The van der Waals surface area contributed by atoms with Gasteiger partial charge in [-0.25, -0.2) is 4.98 Å². The van der Waals surface area contributed by atoms with Gasteiger partial charge in [0.2, 0.25) is 11.8 Å². The van der Waals surface area contributed by atoms with Gasteiger partial charge in [-0.15, -0.1) is 0 Å². The fraction of sp³-hybridized carbons (Fsp3) is 0.474. The molecule has 0 aromatic carbocycles. The Labute approximate surface area is 170 Å². The number of hydrogen-bond donors (Lipinski definition) is 1. The van der Waals surface area contributed by atoms with E-state index in [0.717, 1.165) is 5.39 Å². The van der Waals surface area contributed by atoms with E-state index in [1.54, 1.807) is 24.0 Å².